The zero-order chi connectivity index (χ0) is 12.4. The maximum Gasteiger partial charge on any atom is 0.225 e. The van der Waals surface area contributed by atoms with Gasteiger partial charge in [-0.1, -0.05) is 6.92 Å². The highest BCUT2D eigenvalue weighted by atomic mass is 16.2. The van der Waals surface area contributed by atoms with Crippen LogP contribution in [-0.4, -0.2) is 49.4 Å². The van der Waals surface area contributed by atoms with Crippen molar-refractivity contribution in [2.45, 2.75) is 25.8 Å². The Labute approximate surface area is 102 Å². The van der Waals surface area contributed by atoms with Crippen LogP contribution in [0.5, 0.6) is 0 Å². The predicted octanol–water partition coefficient (Wildman–Crippen LogP) is -0.421. The highest BCUT2D eigenvalue weighted by Crippen LogP contribution is 2.18. The summed E-state index contributed by atoms with van der Waals surface area (Å²) in [6.07, 6.45) is 1.45. The van der Waals surface area contributed by atoms with Crippen molar-refractivity contribution in [3.63, 3.8) is 0 Å². The van der Waals surface area contributed by atoms with Crippen LogP contribution in [0.15, 0.2) is 0 Å². The van der Waals surface area contributed by atoms with E-state index in [0.29, 0.717) is 18.9 Å². The molecule has 2 fully saturated rings. The highest BCUT2D eigenvalue weighted by molar-refractivity contribution is 5.89. The van der Waals surface area contributed by atoms with E-state index in [4.69, 9.17) is 0 Å². The van der Waals surface area contributed by atoms with Crippen LogP contribution in [0.1, 0.15) is 19.8 Å². The summed E-state index contributed by atoms with van der Waals surface area (Å²) in [5.74, 6) is 0.444. The lowest BCUT2D eigenvalue weighted by Gasteiger charge is -2.31. The van der Waals surface area contributed by atoms with Gasteiger partial charge >= 0.3 is 0 Å². The molecule has 17 heavy (non-hydrogen) atoms. The minimum absolute atomic E-state index is 0.0308. The van der Waals surface area contributed by atoms with Gasteiger partial charge in [-0.05, 0) is 18.9 Å². The molecule has 0 spiro atoms. The Hall–Kier alpha value is -1.10. The van der Waals surface area contributed by atoms with Gasteiger partial charge < -0.3 is 15.5 Å². The molecule has 2 N–H and O–H groups in total. The average molecular weight is 239 g/mol. The van der Waals surface area contributed by atoms with Crippen molar-refractivity contribution in [1.82, 2.24) is 15.5 Å². The van der Waals surface area contributed by atoms with Gasteiger partial charge in [-0.2, -0.15) is 0 Å². The number of likely N-dealkylation sites (tertiary alicyclic amines) is 1. The second-order valence-electron chi connectivity index (χ2n) is 5.26. The molecule has 0 saturated carbocycles. The summed E-state index contributed by atoms with van der Waals surface area (Å²) >= 11 is 0. The van der Waals surface area contributed by atoms with Crippen LogP contribution in [0.4, 0.5) is 0 Å². The van der Waals surface area contributed by atoms with Gasteiger partial charge in [-0.15, -0.1) is 0 Å². The molecule has 2 amide bonds. The third-order valence-corrected chi connectivity index (χ3v) is 3.87. The fourth-order valence-corrected chi connectivity index (χ4v) is 2.52. The van der Waals surface area contributed by atoms with Crippen molar-refractivity contribution in [3.8, 4) is 0 Å². The number of hydrogen-bond acceptors (Lipinski definition) is 3. The molecule has 2 saturated heterocycles. The number of nitrogens with zero attached hydrogens (tertiary/aromatic N) is 1. The van der Waals surface area contributed by atoms with E-state index in [1.54, 1.807) is 11.9 Å². The van der Waals surface area contributed by atoms with Gasteiger partial charge in [0.2, 0.25) is 11.8 Å². The molecule has 2 rings (SSSR count). The lowest BCUT2D eigenvalue weighted by atomic mass is 9.94. The Bertz CT molecular complexity index is 319. The summed E-state index contributed by atoms with van der Waals surface area (Å²) in [5.41, 5.74) is 0. The van der Waals surface area contributed by atoms with Gasteiger partial charge in [-0.3, -0.25) is 9.59 Å². The van der Waals surface area contributed by atoms with Crippen molar-refractivity contribution >= 4 is 11.8 Å². The number of rotatable bonds is 2. The molecule has 96 valence electrons. The topological polar surface area (TPSA) is 61.4 Å². The predicted molar refractivity (Wildman–Crippen MR) is 64.3 cm³/mol. The average Bonchev–Trinajstić information content (AvgIpc) is 2.63. The molecule has 0 aromatic rings. The van der Waals surface area contributed by atoms with Crippen molar-refractivity contribution in [1.29, 1.82) is 0 Å². The maximum atomic E-state index is 12.0. The molecule has 0 aliphatic carbocycles. The second-order valence-corrected chi connectivity index (χ2v) is 5.26. The number of amides is 2. The van der Waals surface area contributed by atoms with Crippen LogP contribution in [0, 0.1) is 11.8 Å². The summed E-state index contributed by atoms with van der Waals surface area (Å²) in [7, 11) is 1.75. The Kier molecular flexibility index (Phi) is 3.66. The number of carbonyl (C=O) groups is 2. The number of hydrogen-bond donors (Lipinski definition) is 2. The fourth-order valence-electron chi connectivity index (χ4n) is 2.52. The van der Waals surface area contributed by atoms with E-state index in [0.717, 1.165) is 19.5 Å². The van der Waals surface area contributed by atoms with E-state index >= 15 is 0 Å². The third kappa shape index (κ3) is 2.77. The number of carbonyl (C=O) groups excluding carboxylic acids is 2. The summed E-state index contributed by atoms with van der Waals surface area (Å²) in [4.78, 5) is 25.0. The largest absolute Gasteiger partial charge is 0.352 e. The van der Waals surface area contributed by atoms with Gasteiger partial charge in [0.15, 0.2) is 0 Å². The summed E-state index contributed by atoms with van der Waals surface area (Å²) in [6.45, 7) is 4.58. The van der Waals surface area contributed by atoms with E-state index in [-0.39, 0.29) is 23.8 Å². The fraction of sp³-hybridized carbons (Fsp3) is 0.833. The second kappa shape index (κ2) is 5.04. The van der Waals surface area contributed by atoms with Crippen molar-refractivity contribution in [2.24, 2.45) is 11.8 Å². The van der Waals surface area contributed by atoms with Crippen molar-refractivity contribution < 1.29 is 9.59 Å². The molecule has 2 heterocycles. The number of nitrogens with one attached hydrogen (secondary N) is 2. The SMILES string of the molecule is CC1CCNCC1NC(=O)C1CC(=O)N(C)C1. The first-order valence-corrected chi connectivity index (χ1v) is 6.33. The molecular weight excluding hydrogens is 218 g/mol. The summed E-state index contributed by atoms with van der Waals surface area (Å²) in [6, 6.07) is 0.206. The Morgan fingerprint density at radius 2 is 2.29 bits per heavy atom. The molecule has 2 aliphatic heterocycles. The van der Waals surface area contributed by atoms with Gasteiger partial charge in [0.05, 0.1) is 5.92 Å². The van der Waals surface area contributed by atoms with E-state index < -0.39 is 0 Å². The Balaban J connectivity index is 1.86. The van der Waals surface area contributed by atoms with Crippen LogP contribution in [0.3, 0.4) is 0 Å². The van der Waals surface area contributed by atoms with E-state index in [2.05, 4.69) is 17.6 Å². The van der Waals surface area contributed by atoms with Gasteiger partial charge in [0.25, 0.3) is 0 Å². The monoisotopic (exact) mass is 239 g/mol. The van der Waals surface area contributed by atoms with Crippen LogP contribution in [-0.2, 0) is 9.59 Å². The molecule has 0 aromatic carbocycles. The molecule has 5 heteroatoms. The van der Waals surface area contributed by atoms with Crippen LogP contribution >= 0.6 is 0 Å². The molecular formula is C12H21N3O2. The normalized spacial score (nSPS) is 33.9. The zero-order valence-corrected chi connectivity index (χ0v) is 10.5. The lowest BCUT2D eigenvalue weighted by Crippen LogP contribution is -2.51. The summed E-state index contributed by atoms with van der Waals surface area (Å²) in [5, 5.41) is 6.36. The molecule has 0 radical (unpaired) electrons. The minimum Gasteiger partial charge on any atom is -0.352 e. The first kappa shape index (κ1) is 12.4. The van der Waals surface area contributed by atoms with Crippen molar-refractivity contribution in [2.75, 3.05) is 26.7 Å². The van der Waals surface area contributed by atoms with Gasteiger partial charge in [0, 0.05) is 32.6 Å². The Morgan fingerprint density at radius 1 is 1.53 bits per heavy atom. The third-order valence-electron chi connectivity index (χ3n) is 3.87. The van der Waals surface area contributed by atoms with Crippen LogP contribution in [0.25, 0.3) is 0 Å². The smallest absolute Gasteiger partial charge is 0.225 e. The van der Waals surface area contributed by atoms with Gasteiger partial charge in [0.1, 0.15) is 0 Å². The molecule has 3 unspecified atom stereocenters. The summed E-state index contributed by atoms with van der Waals surface area (Å²) < 4.78 is 0. The van der Waals surface area contributed by atoms with E-state index in [1.807, 2.05) is 0 Å². The molecule has 2 aliphatic rings. The van der Waals surface area contributed by atoms with E-state index in [1.165, 1.54) is 0 Å². The van der Waals surface area contributed by atoms with E-state index in [9.17, 15) is 9.59 Å². The van der Waals surface area contributed by atoms with Crippen LogP contribution in [0.2, 0.25) is 0 Å². The van der Waals surface area contributed by atoms with Crippen molar-refractivity contribution in [3.05, 3.63) is 0 Å². The molecule has 0 aromatic heterocycles. The van der Waals surface area contributed by atoms with Crippen LogP contribution < -0.4 is 10.6 Å². The number of piperidine rings is 1. The molecule has 0 bridgehead atoms. The minimum atomic E-state index is -0.165. The Morgan fingerprint density at radius 3 is 2.88 bits per heavy atom. The first-order chi connectivity index (χ1) is 8.08. The first-order valence-electron chi connectivity index (χ1n) is 6.33. The quantitative estimate of drug-likeness (QED) is 0.688. The highest BCUT2D eigenvalue weighted by Gasteiger charge is 2.34. The standard InChI is InChI=1S/C12H21N3O2/c1-8-3-4-13-6-10(8)14-12(17)9-5-11(16)15(2)7-9/h8-10,13H,3-7H2,1-2H3,(H,14,17). The maximum absolute atomic E-state index is 12.0. The molecule has 5 nitrogen and oxygen atoms in total. The lowest BCUT2D eigenvalue weighted by molar-refractivity contribution is -0.128. The molecule has 3 atom stereocenters. The zero-order valence-electron chi connectivity index (χ0n) is 10.5. The van der Waals surface area contributed by atoms with Gasteiger partial charge in [-0.25, -0.2) is 0 Å².